The molecule has 2 aliphatic rings. The summed E-state index contributed by atoms with van der Waals surface area (Å²) in [4.78, 5) is 29.2. The molecule has 0 radical (unpaired) electrons. The molecule has 5 heterocycles. The van der Waals surface area contributed by atoms with Crippen molar-refractivity contribution in [3.8, 4) is 11.4 Å². The molecule has 1 spiro atoms. The first-order valence-electron chi connectivity index (χ1n) is 10.7. The molecule has 2 aliphatic heterocycles. The van der Waals surface area contributed by atoms with E-state index >= 15 is 0 Å². The molecule has 0 saturated carbocycles. The minimum absolute atomic E-state index is 0.417. The molecule has 0 amide bonds. The number of rotatable bonds is 2. The van der Waals surface area contributed by atoms with Crippen molar-refractivity contribution in [2.45, 2.75) is 25.4 Å². The van der Waals surface area contributed by atoms with Gasteiger partial charge in [0.25, 0.3) is 0 Å². The SMILES string of the molecule is Clc1nccc2c(N3CCC4(CCNC4)CC3)nc(-c3ccncc3)nc12.O=C(O)C(F)(F)F. The van der Waals surface area contributed by atoms with E-state index in [0.29, 0.717) is 21.9 Å². The molecular weight excluding hydrogens is 473 g/mol. The van der Waals surface area contributed by atoms with Crippen LogP contribution >= 0.6 is 11.6 Å². The van der Waals surface area contributed by atoms with Crippen molar-refractivity contribution in [3.05, 3.63) is 41.9 Å². The fraction of sp³-hybridized carbons (Fsp3) is 0.409. The molecule has 0 unspecified atom stereocenters. The fourth-order valence-electron chi connectivity index (χ4n) is 4.29. The summed E-state index contributed by atoms with van der Waals surface area (Å²) >= 11 is 6.39. The molecule has 0 bridgehead atoms. The third-order valence-corrected chi connectivity index (χ3v) is 6.46. The smallest absolute Gasteiger partial charge is 0.475 e. The van der Waals surface area contributed by atoms with E-state index in [1.54, 1.807) is 18.6 Å². The maximum atomic E-state index is 10.6. The van der Waals surface area contributed by atoms with Gasteiger partial charge in [0.15, 0.2) is 11.0 Å². The van der Waals surface area contributed by atoms with Crippen LogP contribution in [0.1, 0.15) is 19.3 Å². The van der Waals surface area contributed by atoms with Crippen LogP contribution in [0.5, 0.6) is 0 Å². The normalized spacial score (nSPS) is 17.5. The Morgan fingerprint density at radius 3 is 2.35 bits per heavy atom. The third-order valence-electron chi connectivity index (χ3n) is 6.19. The van der Waals surface area contributed by atoms with Gasteiger partial charge in [-0.3, -0.25) is 4.98 Å². The lowest BCUT2D eigenvalue weighted by Gasteiger charge is -2.39. The van der Waals surface area contributed by atoms with Gasteiger partial charge in [-0.15, -0.1) is 0 Å². The molecule has 8 nitrogen and oxygen atoms in total. The molecular formula is C22H22ClF3N6O2. The lowest BCUT2D eigenvalue weighted by Crippen LogP contribution is -2.41. The largest absolute Gasteiger partial charge is 0.490 e. The van der Waals surface area contributed by atoms with E-state index in [2.05, 4.69) is 20.2 Å². The van der Waals surface area contributed by atoms with Gasteiger partial charge in [-0.05, 0) is 49.4 Å². The zero-order valence-electron chi connectivity index (χ0n) is 18.0. The van der Waals surface area contributed by atoms with E-state index in [4.69, 9.17) is 31.5 Å². The summed E-state index contributed by atoms with van der Waals surface area (Å²) in [7, 11) is 0. The van der Waals surface area contributed by atoms with Crippen LogP contribution in [0.4, 0.5) is 19.0 Å². The summed E-state index contributed by atoms with van der Waals surface area (Å²) in [6, 6.07) is 5.81. The van der Waals surface area contributed by atoms with E-state index in [0.717, 1.165) is 42.9 Å². The Kier molecular flexibility index (Phi) is 6.85. The molecule has 12 heteroatoms. The van der Waals surface area contributed by atoms with Crippen molar-refractivity contribution < 1.29 is 23.1 Å². The van der Waals surface area contributed by atoms with Gasteiger partial charge in [-0.2, -0.15) is 13.2 Å². The molecule has 0 aliphatic carbocycles. The van der Waals surface area contributed by atoms with Gasteiger partial charge < -0.3 is 15.3 Å². The van der Waals surface area contributed by atoms with Gasteiger partial charge >= 0.3 is 12.1 Å². The zero-order valence-corrected chi connectivity index (χ0v) is 18.8. The van der Waals surface area contributed by atoms with Crippen LogP contribution in [0.3, 0.4) is 0 Å². The van der Waals surface area contributed by atoms with Crippen molar-refractivity contribution >= 4 is 34.3 Å². The maximum absolute atomic E-state index is 10.6. The number of carboxylic acid groups (broad SMARTS) is 1. The molecule has 0 atom stereocenters. The van der Waals surface area contributed by atoms with Crippen LogP contribution in [-0.2, 0) is 4.79 Å². The number of hydrogen-bond donors (Lipinski definition) is 2. The van der Waals surface area contributed by atoms with Gasteiger partial charge in [-0.25, -0.2) is 19.7 Å². The Labute approximate surface area is 198 Å². The van der Waals surface area contributed by atoms with E-state index < -0.39 is 12.1 Å². The number of carbonyl (C=O) groups is 1. The lowest BCUT2D eigenvalue weighted by molar-refractivity contribution is -0.192. The summed E-state index contributed by atoms with van der Waals surface area (Å²) in [5.74, 6) is -1.14. The van der Waals surface area contributed by atoms with Gasteiger partial charge in [-0.1, -0.05) is 11.6 Å². The van der Waals surface area contributed by atoms with Crippen molar-refractivity contribution in [3.63, 3.8) is 0 Å². The standard InChI is InChI=1S/C20H21ClN6.C2HF3O2/c21-17-16-15(3-9-24-17)19(26-18(25-16)14-1-7-22-8-2-14)27-11-5-20(6-12-27)4-10-23-13-20;3-2(4,5)1(6)7/h1-3,7-9,23H,4-6,10-13H2;(H,6,7). The third kappa shape index (κ3) is 5.20. The Morgan fingerprint density at radius 1 is 1.09 bits per heavy atom. The number of fused-ring (bicyclic) bond motifs is 1. The number of piperidine rings is 1. The molecule has 0 aromatic carbocycles. The van der Waals surface area contributed by atoms with E-state index in [1.165, 1.54) is 19.3 Å². The minimum Gasteiger partial charge on any atom is -0.475 e. The Balaban J connectivity index is 0.000000344. The van der Waals surface area contributed by atoms with Crippen LogP contribution in [0.25, 0.3) is 22.3 Å². The Hall–Kier alpha value is -3.05. The molecule has 2 saturated heterocycles. The second-order valence-electron chi connectivity index (χ2n) is 8.32. The number of halogens is 4. The summed E-state index contributed by atoms with van der Waals surface area (Å²) in [6.45, 7) is 4.29. The van der Waals surface area contributed by atoms with Gasteiger partial charge in [0.2, 0.25) is 0 Å². The predicted octanol–water partition coefficient (Wildman–Crippen LogP) is 3.95. The highest BCUT2D eigenvalue weighted by Crippen LogP contribution is 2.39. The molecule has 3 aromatic rings. The van der Waals surface area contributed by atoms with Crippen molar-refractivity contribution in [2.75, 3.05) is 31.1 Å². The predicted molar refractivity (Wildman–Crippen MR) is 121 cm³/mol. The average Bonchev–Trinajstić information content (AvgIpc) is 3.28. The number of nitrogens with one attached hydrogen (secondary N) is 1. The van der Waals surface area contributed by atoms with Crippen LogP contribution < -0.4 is 10.2 Å². The van der Waals surface area contributed by atoms with Crippen LogP contribution in [0.15, 0.2) is 36.8 Å². The molecule has 3 aromatic heterocycles. The zero-order chi connectivity index (χ0) is 24.3. The van der Waals surface area contributed by atoms with Crippen LogP contribution in [0, 0.1) is 5.41 Å². The highest BCUT2D eigenvalue weighted by Gasteiger charge is 2.38. The number of anilines is 1. The Morgan fingerprint density at radius 2 is 1.76 bits per heavy atom. The fourth-order valence-corrected chi connectivity index (χ4v) is 4.49. The maximum Gasteiger partial charge on any atom is 0.490 e. The van der Waals surface area contributed by atoms with Crippen molar-refractivity contribution in [1.29, 1.82) is 0 Å². The second kappa shape index (κ2) is 9.67. The number of carboxylic acids is 1. The number of pyridine rings is 2. The number of alkyl halides is 3. The van der Waals surface area contributed by atoms with Crippen molar-refractivity contribution in [1.82, 2.24) is 25.3 Å². The second-order valence-corrected chi connectivity index (χ2v) is 8.68. The summed E-state index contributed by atoms with van der Waals surface area (Å²) in [5, 5.41) is 12.0. The number of hydrogen-bond acceptors (Lipinski definition) is 7. The topological polar surface area (TPSA) is 104 Å². The highest BCUT2D eigenvalue weighted by atomic mass is 35.5. The van der Waals surface area contributed by atoms with E-state index in [9.17, 15) is 13.2 Å². The van der Waals surface area contributed by atoms with Gasteiger partial charge in [0.1, 0.15) is 11.3 Å². The molecule has 34 heavy (non-hydrogen) atoms. The number of aliphatic carboxylic acids is 1. The summed E-state index contributed by atoms with van der Waals surface area (Å²) < 4.78 is 31.7. The lowest BCUT2D eigenvalue weighted by atomic mass is 9.78. The van der Waals surface area contributed by atoms with Crippen molar-refractivity contribution in [2.24, 2.45) is 5.41 Å². The Bertz CT molecular complexity index is 1160. The molecule has 2 fully saturated rings. The molecule has 5 rings (SSSR count). The van der Waals surface area contributed by atoms with Crippen LogP contribution in [0.2, 0.25) is 5.15 Å². The monoisotopic (exact) mass is 494 g/mol. The first kappa shape index (κ1) is 24.1. The van der Waals surface area contributed by atoms with E-state index in [-0.39, 0.29) is 0 Å². The average molecular weight is 495 g/mol. The summed E-state index contributed by atoms with van der Waals surface area (Å²) in [6.07, 6.45) is 3.82. The summed E-state index contributed by atoms with van der Waals surface area (Å²) in [5.41, 5.74) is 2.10. The quantitative estimate of drug-likeness (QED) is 0.516. The minimum atomic E-state index is -5.08. The highest BCUT2D eigenvalue weighted by molar-refractivity contribution is 6.34. The van der Waals surface area contributed by atoms with Gasteiger partial charge in [0.05, 0.1) is 0 Å². The molecule has 2 N–H and O–H groups in total. The first-order valence-corrected chi connectivity index (χ1v) is 11.0. The van der Waals surface area contributed by atoms with Gasteiger partial charge in [0, 0.05) is 49.2 Å². The van der Waals surface area contributed by atoms with Crippen LogP contribution in [-0.4, -0.2) is 63.4 Å². The number of aromatic nitrogens is 4. The van der Waals surface area contributed by atoms with E-state index in [1.807, 2.05) is 18.2 Å². The first-order chi connectivity index (χ1) is 16.2. The number of nitrogens with zero attached hydrogens (tertiary/aromatic N) is 5. The molecule has 180 valence electrons.